The largest absolute Gasteiger partial charge is 0.379 e. The third-order valence-electron chi connectivity index (χ3n) is 3.86. The monoisotopic (exact) mass is 287 g/mol. The van der Waals surface area contributed by atoms with Crippen molar-refractivity contribution in [3.8, 4) is 0 Å². The van der Waals surface area contributed by atoms with Crippen molar-refractivity contribution in [2.75, 3.05) is 39.4 Å². The molecule has 0 unspecified atom stereocenters. The normalized spacial score (nSPS) is 16.2. The molecule has 2 aromatic rings. The molecule has 0 radical (unpaired) electrons. The van der Waals surface area contributed by atoms with Crippen LogP contribution in [-0.4, -0.2) is 55.2 Å². The Labute approximate surface area is 124 Å². The SMILES string of the molecule is O=C(NCCCN1CCOCC1)c1ccc2cc[nH]c2c1. The minimum absolute atomic E-state index is 0.00604. The molecule has 2 heterocycles. The summed E-state index contributed by atoms with van der Waals surface area (Å²) in [5.41, 5.74) is 1.70. The van der Waals surface area contributed by atoms with Gasteiger partial charge in [-0.2, -0.15) is 0 Å². The molecule has 5 nitrogen and oxygen atoms in total. The average Bonchev–Trinajstić information content (AvgIpc) is 3.00. The summed E-state index contributed by atoms with van der Waals surface area (Å²) < 4.78 is 5.32. The van der Waals surface area contributed by atoms with Gasteiger partial charge in [-0.25, -0.2) is 0 Å². The fraction of sp³-hybridized carbons (Fsp3) is 0.438. The number of carbonyl (C=O) groups excluding carboxylic acids is 1. The summed E-state index contributed by atoms with van der Waals surface area (Å²) in [6, 6.07) is 7.73. The van der Waals surface area contributed by atoms with Crippen molar-refractivity contribution in [1.82, 2.24) is 15.2 Å². The Kier molecular flexibility index (Phi) is 4.52. The van der Waals surface area contributed by atoms with Crippen molar-refractivity contribution >= 4 is 16.8 Å². The fourth-order valence-corrected chi connectivity index (χ4v) is 2.62. The maximum Gasteiger partial charge on any atom is 0.251 e. The highest BCUT2D eigenvalue weighted by atomic mass is 16.5. The minimum atomic E-state index is -0.00604. The summed E-state index contributed by atoms with van der Waals surface area (Å²) in [5, 5.41) is 4.11. The van der Waals surface area contributed by atoms with E-state index in [2.05, 4.69) is 15.2 Å². The number of morpholine rings is 1. The van der Waals surface area contributed by atoms with Gasteiger partial charge in [0.1, 0.15) is 0 Å². The van der Waals surface area contributed by atoms with Crippen LogP contribution in [-0.2, 0) is 4.74 Å². The lowest BCUT2D eigenvalue weighted by molar-refractivity contribution is 0.0374. The number of nitrogens with zero attached hydrogens (tertiary/aromatic N) is 1. The van der Waals surface area contributed by atoms with Crippen LogP contribution >= 0.6 is 0 Å². The van der Waals surface area contributed by atoms with Gasteiger partial charge >= 0.3 is 0 Å². The molecule has 1 amide bonds. The fourth-order valence-electron chi connectivity index (χ4n) is 2.62. The Bertz CT molecular complexity index is 602. The van der Waals surface area contributed by atoms with E-state index in [0.29, 0.717) is 12.1 Å². The smallest absolute Gasteiger partial charge is 0.251 e. The second kappa shape index (κ2) is 6.74. The summed E-state index contributed by atoms with van der Waals surface area (Å²) in [5.74, 6) is -0.00604. The van der Waals surface area contributed by atoms with Crippen molar-refractivity contribution < 1.29 is 9.53 Å². The van der Waals surface area contributed by atoms with E-state index in [4.69, 9.17) is 4.74 Å². The van der Waals surface area contributed by atoms with Gasteiger partial charge in [-0.1, -0.05) is 6.07 Å². The molecule has 3 rings (SSSR count). The first-order chi connectivity index (χ1) is 10.3. The summed E-state index contributed by atoms with van der Waals surface area (Å²) in [4.78, 5) is 17.6. The number of fused-ring (bicyclic) bond motifs is 1. The number of hydrogen-bond acceptors (Lipinski definition) is 3. The van der Waals surface area contributed by atoms with Crippen molar-refractivity contribution in [2.45, 2.75) is 6.42 Å². The summed E-state index contributed by atoms with van der Waals surface area (Å²) in [6.07, 6.45) is 2.85. The quantitative estimate of drug-likeness (QED) is 0.822. The average molecular weight is 287 g/mol. The van der Waals surface area contributed by atoms with Crippen LogP contribution in [0.4, 0.5) is 0 Å². The highest BCUT2D eigenvalue weighted by Crippen LogP contribution is 2.13. The van der Waals surface area contributed by atoms with Gasteiger partial charge in [0, 0.05) is 36.9 Å². The van der Waals surface area contributed by atoms with Crippen molar-refractivity contribution in [2.24, 2.45) is 0 Å². The molecule has 21 heavy (non-hydrogen) atoms. The zero-order valence-electron chi connectivity index (χ0n) is 12.1. The van der Waals surface area contributed by atoms with Gasteiger partial charge in [0.05, 0.1) is 13.2 Å². The lowest BCUT2D eigenvalue weighted by atomic mass is 10.1. The predicted molar refractivity (Wildman–Crippen MR) is 82.5 cm³/mol. The molecule has 1 saturated heterocycles. The van der Waals surface area contributed by atoms with E-state index in [1.165, 1.54) is 0 Å². The molecule has 5 heteroatoms. The van der Waals surface area contributed by atoms with Crippen LogP contribution in [0.25, 0.3) is 10.9 Å². The second-order valence-corrected chi connectivity index (χ2v) is 5.34. The summed E-state index contributed by atoms with van der Waals surface area (Å²) >= 11 is 0. The number of carbonyl (C=O) groups is 1. The molecule has 0 bridgehead atoms. The number of aromatic amines is 1. The third-order valence-corrected chi connectivity index (χ3v) is 3.86. The molecule has 1 aliphatic rings. The minimum Gasteiger partial charge on any atom is -0.379 e. The van der Waals surface area contributed by atoms with Crippen LogP contribution in [0.3, 0.4) is 0 Å². The van der Waals surface area contributed by atoms with Gasteiger partial charge in [-0.15, -0.1) is 0 Å². The number of amides is 1. The van der Waals surface area contributed by atoms with Crippen LogP contribution in [0.5, 0.6) is 0 Å². The lowest BCUT2D eigenvalue weighted by Crippen LogP contribution is -2.38. The lowest BCUT2D eigenvalue weighted by Gasteiger charge is -2.26. The Balaban J connectivity index is 1.45. The first kappa shape index (κ1) is 14.1. The Hall–Kier alpha value is -1.85. The molecule has 1 fully saturated rings. The summed E-state index contributed by atoms with van der Waals surface area (Å²) in [7, 11) is 0. The van der Waals surface area contributed by atoms with E-state index in [-0.39, 0.29) is 5.91 Å². The molecule has 0 spiro atoms. The van der Waals surface area contributed by atoms with E-state index < -0.39 is 0 Å². The number of benzene rings is 1. The van der Waals surface area contributed by atoms with Crippen molar-refractivity contribution in [1.29, 1.82) is 0 Å². The molecule has 1 aliphatic heterocycles. The van der Waals surface area contributed by atoms with Crippen molar-refractivity contribution in [3.63, 3.8) is 0 Å². The van der Waals surface area contributed by atoms with Crippen LogP contribution in [0.1, 0.15) is 16.8 Å². The van der Waals surface area contributed by atoms with Crippen LogP contribution in [0.2, 0.25) is 0 Å². The van der Waals surface area contributed by atoms with E-state index >= 15 is 0 Å². The molecule has 0 saturated carbocycles. The van der Waals surface area contributed by atoms with Crippen LogP contribution < -0.4 is 5.32 Å². The van der Waals surface area contributed by atoms with Gasteiger partial charge in [0.2, 0.25) is 0 Å². The van der Waals surface area contributed by atoms with E-state index in [0.717, 1.165) is 50.2 Å². The number of ether oxygens (including phenoxy) is 1. The number of H-pyrrole nitrogens is 1. The zero-order valence-corrected chi connectivity index (χ0v) is 12.1. The molecule has 0 aliphatic carbocycles. The van der Waals surface area contributed by atoms with Gasteiger partial charge in [0.15, 0.2) is 0 Å². The molecule has 2 N–H and O–H groups in total. The maximum absolute atomic E-state index is 12.1. The highest BCUT2D eigenvalue weighted by Gasteiger charge is 2.10. The van der Waals surface area contributed by atoms with Crippen LogP contribution in [0, 0.1) is 0 Å². The zero-order chi connectivity index (χ0) is 14.5. The maximum atomic E-state index is 12.1. The summed E-state index contributed by atoms with van der Waals surface area (Å²) in [6.45, 7) is 5.36. The highest BCUT2D eigenvalue weighted by molar-refractivity contribution is 5.97. The number of rotatable bonds is 5. The molecule has 1 aromatic carbocycles. The number of nitrogens with one attached hydrogen (secondary N) is 2. The standard InChI is InChI=1S/C16H21N3O2/c20-16(14-3-2-13-4-6-17-15(13)12-14)18-5-1-7-19-8-10-21-11-9-19/h2-4,6,12,17H,1,5,7-11H2,(H,18,20). The number of aromatic nitrogens is 1. The first-order valence-electron chi connectivity index (χ1n) is 7.48. The molecule has 112 valence electrons. The predicted octanol–water partition coefficient (Wildman–Crippen LogP) is 1.62. The van der Waals surface area contributed by atoms with Crippen LogP contribution in [0.15, 0.2) is 30.5 Å². The van der Waals surface area contributed by atoms with Gasteiger partial charge in [-0.05, 0) is 36.6 Å². The molecule has 1 aromatic heterocycles. The number of hydrogen-bond donors (Lipinski definition) is 2. The van der Waals surface area contributed by atoms with Gasteiger partial charge in [0.25, 0.3) is 5.91 Å². The molecular weight excluding hydrogens is 266 g/mol. The van der Waals surface area contributed by atoms with Crippen molar-refractivity contribution in [3.05, 3.63) is 36.0 Å². The van der Waals surface area contributed by atoms with E-state index in [1.54, 1.807) is 0 Å². The van der Waals surface area contributed by atoms with E-state index in [9.17, 15) is 4.79 Å². The topological polar surface area (TPSA) is 57.4 Å². The van der Waals surface area contributed by atoms with Gasteiger partial charge < -0.3 is 15.0 Å². The Morgan fingerprint density at radius 3 is 3.00 bits per heavy atom. The molecule has 0 atom stereocenters. The second-order valence-electron chi connectivity index (χ2n) is 5.34. The Morgan fingerprint density at radius 2 is 2.14 bits per heavy atom. The first-order valence-corrected chi connectivity index (χ1v) is 7.48. The third kappa shape index (κ3) is 3.62. The van der Waals surface area contributed by atoms with Gasteiger partial charge in [-0.3, -0.25) is 9.69 Å². The Morgan fingerprint density at radius 1 is 1.29 bits per heavy atom. The van der Waals surface area contributed by atoms with E-state index in [1.807, 2.05) is 30.5 Å². The molecular formula is C16H21N3O2.